The van der Waals surface area contributed by atoms with Gasteiger partial charge in [-0.15, -0.1) is 5.10 Å². The lowest BCUT2D eigenvalue weighted by Gasteiger charge is -2.38. The molecule has 3 atom stereocenters. The van der Waals surface area contributed by atoms with Gasteiger partial charge >= 0.3 is 12.2 Å². The maximum atomic E-state index is 13.6. The van der Waals surface area contributed by atoms with E-state index >= 15 is 0 Å². The van der Waals surface area contributed by atoms with Crippen molar-refractivity contribution in [1.82, 2.24) is 30.0 Å². The van der Waals surface area contributed by atoms with Crippen LogP contribution >= 0.6 is 0 Å². The first-order chi connectivity index (χ1) is 20.3. The van der Waals surface area contributed by atoms with Crippen LogP contribution < -0.4 is 15.4 Å². The number of hydrogen-bond acceptors (Lipinski definition) is 8. The maximum Gasteiger partial charge on any atom is 0.416 e. The Hall–Kier alpha value is -4.73. The van der Waals surface area contributed by atoms with Gasteiger partial charge < -0.3 is 30.3 Å². The number of carbonyl (C=O) groups excluding carboxylic acids is 3. The molecule has 0 saturated heterocycles. The minimum absolute atomic E-state index is 0.0625. The first-order valence-electron chi connectivity index (χ1n) is 13.3. The van der Waals surface area contributed by atoms with E-state index in [1.54, 1.807) is 13.0 Å². The molecular weight excluding hydrogens is 573 g/mol. The average Bonchev–Trinajstić information content (AvgIpc) is 3.47. The molecule has 2 aromatic carbocycles. The predicted molar refractivity (Wildman–Crippen MR) is 147 cm³/mol. The highest BCUT2D eigenvalue weighted by atomic mass is 19.4. The van der Waals surface area contributed by atoms with Crippen LogP contribution in [0.25, 0.3) is 0 Å². The smallest absolute Gasteiger partial charge is 0.416 e. The van der Waals surface area contributed by atoms with Crippen LogP contribution in [0.5, 0.6) is 5.75 Å². The number of nitrogens with zero attached hydrogens (tertiary/aromatic N) is 6. The van der Waals surface area contributed by atoms with E-state index in [0.717, 1.165) is 12.1 Å². The van der Waals surface area contributed by atoms with Gasteiger partial charge in [0.25, 0.3) is 5.91 Å². The second-order valence-corrected chi connectivity index (χ2v) is 10.3. The van der Waals surface area contributed by atoms with E-state index in [1.165, 1.54) is 52.1 Å². The van der Waals surface area contributed by atoms with Crippen molar-refractivity contribution in [1.29, 1.82) is 0 Å². The van der Waals surface area contributed by atoms with Crippen molar-refractivity contribution in [2.75, 3.05) is 37.4 Å². The van der Waals surface area contributed by atoms with E-state index in [4.69, 9.17) is 4.74 Å². The zero-order valence-electron chi connectivity index (χ0n) is 23.6. The fraction of sp³-hybridized carbons (Fsp3) is 0.407. The summed E-state index contributed by atoms with van der Waals surface area (Å²) in [5.41, 5.74) is -0.177. The van der Waals surface area contributed by atoms with Crippen LogP contribution in [0.2, 0.25) is 0 Å². The van der Waals surface area contributed by atoms with Gasteiger partial charge in [0, 0.05) is 30.9 Å². The van der Waals surface area contributed by atoms with Crippen molar-refractivity contribution in [2.24, 2.45) is 5.92 Å². The third-order valence-electron chi connectivity index (χ3n) is 6.91. The third-order valence-corrected chi connectivity index (χ3v) is 6.91. The Morgan fingerprint density at radius 2 is 1.86 bits per heavy atom. The number of amides is 4. The van der Waals surface area contributed by atoms with Crippen molar-refractivity contribution >= 4 is 29.2 Å². The second kappa shape index (κ2) is 13.1. The molecule has 0 aliphatic carbocycles. The number of anilines is 2. The number of fused-ring (bicyclic) bond motifs is 1. The van der Waals surface area contributed by atoms with Gasteiger partial charge in [0.05, 0.1) is 30.3 Å². The highest BCUT2D eigenvalue weighted by Gasteiger charge is 2.34. The lowest BCUT2D eigenvalue weighted by atomic mass is 9.99. The Labute approximate surface area is 244 Å². The molecular formula is C27H31F3N8O5. The van der Waals surface area contributed by atoms with Crippen molar-refractivity contribution in [3.63, 3.8) is 0 Å². The zero-order chi connectivity index (χ0) is 31.3. The van der Waals surface area contributed by atoms with Crippen LogP contribution in [0.15, 0.2) is 48.8 Å². The topological polar surface area (TPSA) is 155 Å². The number of likely N-dealkylation sites (N-methyl/N-ethyl adjacent to an activating group) is 1. The Balaban J connectivity index is 1.52. The number of carbonyl (C=O) groups is 3. The number of tetrazole rings is 1. The number of aliphatic hydroxyl groups excluding tert-OH is 1. The first-order valence-corrected chi connectivity index (χ1v) is 13.3. The van der Waals surface area contributed by atoms with E-state index < -0.39 is 41.7 Å². The quantitative estimate of drug-likeness (QED) is 0.355. The SMILES string of the molecule is C[C@@H]1CN([C@H](C)CO)C(=O)c2cc(NC(=O)Cn3cnnn3)ccc2O[C@@H]1CN(C)C(=O)Nc1ccc(C(F)(F)F)cc1. The van der Waals surface area contributed by atoms with Crippen LogP contribution in [0.3, 0.4) is 0 Å². The number of halogens is 3. The van der Waals surface area contributed by atoms with Gasteiger partial charge in [0.15, 0.2) is 0 Å². The van der Waals surface area contributed by atoms with E-state index in [-0.39, 0.29) is 49.2 Å². The molecule has 4 rings (SSSR count). The van der Waals surface area contributed by atoms with Gasteiger partial charge in [-0.1, -0.05) is 6.92 Å². The summed E-state index contributed by atoms with van der Waals surface area (Å²) in [5, 5.41) is 25.7. The van der Waals surface area contributed by atoms with E-state index in [1.807, 2.05) is 6.92 Å². The molecule has 13 nitrogen and oxygen atoms in total. The molecule has 3 aromatic rings. The normalized spacial score (nSPS) is 17.7. The van der Waals surface area contributed by atoms with Gasteiger partial charge in [-0.05, 0) is 59.8 Å². The van der Waals surface area contributed by atoms with Gasteiger partial charge in [0.1, 0.15) is 24.7 Å². The summed E-state index contributed by atoms with van der Waals surface area (Å²) in [6, 6.07) is 7.54. The van der Waals surface area contributed by atoms with Crippen molar-refractivity contribution in [3.8, 4) is 5.75 Å². The number of ether oxygens (including phenoxy) is 1. The molecule has 3 N–H and O–H groups in total. The number of alkyl halides is 3. The fourth-order valence-corrected chi connectivity index (χ4v) is 4.43. The van der Waals surface area contributed by atoms with Crippen LogP contribution in [-0.4, -0.2) is 91.8 Å². The molecule has 4 amide bonds. The standard InChI is InChI=1S/C27H31F3N8O5/c1-16-11-38(17(2)14-39)25(41)21-10-20(32-24(40)13-37-15-31-34-35-37)8-9-22(21)43-23(16)12-36(3)26(42)33-19-6-4-18(5-7-19)27(28,29)30/h4-10,15-17,23,39H,11-14H2,1-3H3,(H,32,40)(H,33,42)/t16-,17-,23-/m1/s1. The molecule has 1 aliphatic rings. The molecule has 0 saturated carbocycles. The molecule has 2 heterocycles. The summed E-state index contributed by atoms with van der Waals surface area (Å²) in [7, 11) is 1.51. The van der Waals surface area contributed by atoms with Gasteiger partial charge in [-0.25, -0.2) is 9.48 Å². The van der Waals surface area contributed by atoms with Crippen molar-refractivity contribution < 1.29 is 37.4 Å². The zero-order valence-corrected chi connectivity index (χ0v) is 23.6. The predicted octanol–water partition coefficient (Wildman–Crippen LogP) is 2.71. The molecule has 0 spiro atoms. The minimum Gasteiger partial charge on any atom is -0.487 e. The van der Waals surface area contributed by atoms with E-state index in [0.29, 0.717) is 5.69 Å². The second-order valence-electron chi connectivity index (χ2n) is 10.3. The Morgan fingerprint density at radius 1 is 1.16 bits per heavy atom. The number of nitrogens with one attached hydrogen (secondary N) is 2. The average molecular weight is 605 g/mol. The van der Waals surface area contributed by atoms with Gasteiger partial charge in [-0.2, -0.15) is 13.2 Å². The summed E-state index contributed by atoms with van der Waals surface area (Å²) < 4.78 is 46.1. The van der Waals surface area contributed by atoms with Gasteiger partial charge in [0.2, 0.25) is 5.91 Å². The molecule has 230 valence electrons. The first kappa shape index (κ1) is 31.2. The van der Waals surface area contributed by atoms with Crippen LogP contribution in [-0.2, 0) is 17.5 Å². The molecule has 43 heavy (non-hydrogen) atoms. The molecule has 1 aromatic heterocycles. The lowest BCUT2D eigenvalue weighted by Crippen LogP contribution is -2.50. The lowest BCUT2D eigenvalue weighted by molar-refractivity contribution is -0.137. The van der Waals surface area contributed by atoms with Crippen molar-refractivity contribution in [2.45, 2.75) is 38.7 Å². The number of urea groups is 1. The molecule has 16 heteroatoms. The van der Waals surface area contributed by atoms with Crippen LogP contribution in [0, 0.1) is 5.92 Å². The summed E-state index contributed by atoms with van der Waals surface area (Å²) in [5.74, 6) is -0.930. The van der Waals surface area contributed by atoms with E-state index in [2.05, 4.69) is 26.2 Å². The summed E-state index contributed by atoms with van der Waals surface area (Å²) in [6.45, 7) is 3.35. The highest BCUT2D eigenvalue weighted by molar-refractivity contribution is 6.00. The number of aliphatic hydroxyl groups is 1. The summed E-state index contributed by atoms with van der Waals surface area (Å²) >= 11 is 0. The number of aromatic nitrogens is 4. The Bertz CT molecular complexity index is 1440. The highest BCUT2D eigenvalue weighted by Crippen LogP contribution is 2.32. The third kappa shape index (κ3) is 7.77. The van der Waals surface area contributed by atoms with Gasteiger partial charge in [-0.3, -0.25) is 9.59 Å². The largest absolute Gasteiger partial charge is 0.487 e. The number of rotatable bonds is 8. The molecule has 1 aliphatic heterocycles. The number of benzene rings is 2. The monoisotopic (exact) mass is 604 g/mol. The van der Waals surface area contributed by atoms with E-state index in [9.17, 15) is 32.7 Å². The van der Waals surface area contributed by atoms with Crippen molar-refractivity contribution in [3.05, 3.63) is 59.9 Å². The minimum atomic E-state index is -4.49. The Kier molecular flexibility index (Phi) is 9.48. The fourth-order valence-electron chi connectivity index (χ4n) is 4.43. The molecule has 0 fully saturated rings. The summed E-state index contributed by atoms with van der Waals surface area (Å²) in [4.78, 5) is 41.8. The summed E-state index contributed by atoms with van der Waals surface area (Å²) in [6.07, 6.45) is -3.83. The molecule has 0 radical (unpaired) electrons. The number of hydrogen-bond donors (Lipinski definition) is 3. The molecule has 0 bridgehead atoms. The Morgan fingerprint density at radius 3 is 2.49 bits per heavy atom. The molecule has 0 unspecified atom stereocenters. The maximum absolute atomic E-state index is 13.6. The van der Waals surface area contributed by atoms with Crippen LogP contribution in [0.4, 0.5) is 29.3 Å². The van der Waals surface area contributed by atoms with Crippen LogP contribution in [0.1, 0.15) is 29.8 Å².